The van der Waals surface area contributed by atoms with E-state index in [4.69, 9.17) is 18.9 Å². The van der Waals surface area contributed by atoms with Crippen LogP contribution in [-0.2, 0) is 18.9 Å². The number of aliphatic hydroxyl groups is 4. The van der Waals surface area contributed by atoms with Crippen molar-refractivity contribution in [2.24, 2.45) is 0 Å². The molecule has 5 atom stereocenters. The second-order valence-corrected chi connectivity index (χ2v) is 11.2. The molecule has 1 aliphatic heterocycles. The van der Waals surface area contributed by atoms with Crippen molar-refractivity contribution in [3.63, 3.8) is 0 Å². The van der Waals surface area contributed by atoms with Gasteiger partial charge in [0.05, 0.1) is 19.8 Å². The molecule has 1 fully saturated rings. The molecular formula is C31H62O8. The SMILES string of the molecule is CCCCCCCCCCCCOC(OCCCCCCCCCCCC)O[C@@H]1O[C@H](CO)[C@H](O)[C@H](O)[C@H]1O. The van der Waals surface area contributed by atoms with Gasteiger partial charge in [0.2, 0.25) is 0 Å². The summed E-state index contributed by atoms with van der Waals surface area (Å²) < 4.78 is 22.9. The van der Waals surface area contributed by atoms with E-state index in [2.05, 4.69) is 13.8 Å². The zero-order valence-electron chi connectivity index (χ0n) is 25.1. The number of ether oxygens (including phenoxy) is 4. The zero-order valence-corrected chi connectivity index (χ0v) is 25.1. The first-order valence-electron chi connectivity index (χ1n) is 16.2. The molecule has 1 aliphatic rings. The fraction of sp³-hybridized carbons (Fsp3) is 1.00. The Hall–Kier alpha value is -0.320. The number of hydrogen-bond donors (Lipinski definition) is 4. The Morgan fingerprint density at radius 2 is 0.923 bits per heavy atom. The second-order valence-electron chi connectivity index (χ2n) is 11.2. The fourth-order valence-corrected chi connectivity index (χ4v) is 4.95. The summed E-state index contributed by atoms with van der Waals surface area (Å²) >= 11 is 0. The Morgan fingerprint density at radius 1 is 0.538 bits per heavy atom. The lowest BCUT2D eigenvalue weighted by Crippen LogP contribution is -2.59. The third-order valence-electron chi connectivity index (χ3n) is 7.60. The molecule has 1 rings (SSSR count). The van der Waals surface area contributed by atoms with E-state index in [0.29, 0.717) is 13.2 Å². The highest BCUT2D eigenvalue weighted by molar-refractivity contribution is 4.88. The molecule has 0 aromatic heterocycles. The van der Waals surface area contributed by atoms with Crippen LogP contribution in [0.3, 0.4) is 0 Å². The van der Waals surface area contributed by atoms with E-state index in [1.807, 2.05) is 0 Å². The maximum absolute atomic E-state index is 10.3. The van der Waals surface area contributed by atoms with E-state index in [1.54, 1.807) is 0 Å². The van der Waals surface area contributed by atoms with Crippen LogP contribution in [0.1, 0.15) is 142 Å². The van der Waals surface area contributed by atoms with Crippen LogP contribution in [0.25, 0.3) is 0 Å². The molecule has 39 heavy (non-hydrogen) atoms. The summed E-state index contributed by atoms with van der Waals surface area (Å²) in [7, 11) is 0. The van der Waals surface area contributed by atoms with Crippen molar-refractivity contribution < 1.29 is 39.4 Å². The summed E-state index contributed by atoms with van der Waals surface area (Å²) in [5, 5.41) is 39.9. The fourth-order valence-electron chi connectivity index (χ4n) is 4.95. The summed E-state index contributed by atoms with van der Waals surface area (Å²) in [4.78, 5) is 0. The number of hydrogen-bond acceptors (Lipinski definition) is 8. The van der Waals surface area contributed by atoms with Gasteiger partial charge in [-0.2, -0.15) is 0 Å². The molecule has 1 saturated heterocycles. The van der Waals surface area contributed by atoms with Gasteiger partial charge in [0.1, 0.15) is 24.4 Å². The molecule has 8 nitrogen and oxygen atoms in total. The third kappa shape index (κ3) is 18.0. The average molecular weight is 563 g/mol. The van der Waals surface area contributed by atoms with Crippen molar-refractivity contribution in [2.45, 2.75) is 179 Å². The Labute approximate surface area is 238 Å². The summed E-state index contributed by atoms with van der Waals surface area (Å²) in [5.41, 5.74) is 0. The summed E-state index contributed by atoms with van der Waals surface area (Å²) in [5.74, 6) is 0. The molecule has 0 aromatic rings. The Morgan fingerprint density at radius 3 is 1.31 bits per heavy atom. The van der Waals surface area contributed by atoms with E-state index < -0.39 is 43.8 Å². The maximum atomic E-state index is 10.3. The minimum atomic E-state index is -1.49. The predicted molar refractivity (Wildman–Crippen MR) is 154 cm³/mol. The molecule has 0 unspecified atom stereocenters. The van der Waals surface area contributed by atoms with Gasteiger partial charge in [0.25, 0.3) is 6.48 Å². The van der Waals surface area contributed by atoms with Crippen LogP contribution in [0.15, 0.2) is 0 Å². The van der Waals surface area contributed by atoms with E-state index in [9.17, 15) is 20.4 Å². The first-order valence-corrected chi connectivity index (χ1v) is 16.2. The number of unbranched alkanes of at least 4 members (excludes halogenated alkanes) is 18. The van der Waals surface area contributed by atoms with Gasteiger partial charge >= 0.3 is 0 Å². The van der Waals surface area contributed by atoms with Gasteiger partial charge < -0.3 is 34.6 Å². The van der Waals surface area contributed by atoms with Gasteiger partial charge in [-0.15, -0.1) is 0 Å². The molecule has 0 aliphatic carbocycles. The Kier molecular flexibility index (Phi) is 23.9. The second kappa shape index (κ2) is 25.4. The quantitative estimate of drug-likeness (QED) is 0.0715. The maximum Gasteiger partial charge on any atom is 0.273 e. The summed E-state index contributed by atoms with van der Waals surface area (Å²) in [6, 6.07) is 0. The standard InChI is InChI=1S/C31H62O8/c1-3-5-7-9-11-13-15-17-19-21-23-36-31(37-24-22-20-18-16-14-12-10-8-6-4-2)39-30-29(35)28(34)27(33)26(25-32)38-30/h26-35H,3-25H2,1-2H3/t26-,27+,28+,29-,30+/m1/s1. The van der Waals surface area contributed by atoms with Gasteiger partial charge in [0.15, 0.2) is 6.29 Å². The molecule has 8 heteroatoms. The van der Waals surface area contributed by atoms with Gasteiger partial charge in [-0.25, -0.2) is 0 Å². The first kappa shape index (κ1) is 36.7. The molecule has 0 radical (unpaired) electrons. The first-order chi connectivity index (χ1) is 19.0. The lowest BCUT2D eigenvalue weighted by Gasteiger charge is -2.40. The molecular weight excluding hydrogens is 500 g/mol. The van der Waals surface area contributed by atoms with E-state index >= 15 is 0 Å². The van der Waals surface area contributed by atoms with Crippen molar-refractivity contribution in [1.29, 1.82) is 0 Å². The third-order valence-corrected chi connectivity index (χ3v) is 7.60. The normalized spacial score (nSPS) is 23.6. The molecule has 0 amide bonds. The van der Waals surface area contributed by atoms with E-state index in [1.165, 1.54) is 103 Å². The zero-order chi connectivity index (χ0) is 28.6. The van der Waals surface area contributed by atoms with Crippen LogP contribution in [0.5, 0.6) is 0 Å². The van der Waals surface area contributed by atoms with Gasteiger partial charge in [0, 0.05) is 0 Å². The molecule has 1 heterocycles. The Balaban J connectivity index is 2.33. The average Bonchev–Trinajstić information content (AvgIpc) is 2.94. The van der Waals surface area contributed by atoms with Crippen LogP contribution < -0.4 is 0 Å². The number of rotatable bonds is 27. The van der Waals surface area contributed by atoms with Crippen LogP contribution >= 0.6 is 0 Å². The highest BCUT2D eigenvalue weighted by Crippen LogP contribution is 2.24. The molecule has 0 saturated carbocycles. The van der Waals surface area contributed by atoms with E-state index in [0.717, 1.165) is 25.7 Å². The minimum Gasteiger partial charge on any atom is -0.394 e. The van der Waals surface area contributed by atoms with Crippen molar-refractivity contribution in [2.75, 3.05) is 19.8 Å². The van der Waals surface area contributed by atoms with Gasteiger partial charge in [-0.1, -0.05) is 129 Å². The largest absolute Gasteiger partial charge is 0.394 e. The molecule has 234 valence electrons. The topological polar surface area (TPSA) is 118 Å². The summed E-state index contributed by atoms with van der Waals surface area (Å²) in [6.07, 6.45) is 17.9. The van der Waals surface area contributed by atoms with Gasteiger partial charge in [-0.05, 0) is 12.8 Å². The minimum absolute atomic E-state index is 0.455. The Bertz CT molecular complexity index is 495. The monoisotopic (exact) mass is 562 g/mol. The van der Waals surface area contributed by atoms with Gasteiger partial charge in [-0.3, -0.25) is 4.74 Å². The van der Waals surface area contributed by atoms with E-state index in [-0.39, 0.29) is 0 Å². The molecule has 4 N–H and O–H groups in total. The lowest BCUT2D eigenvalue weighted by molar-refractivity contribution is -0.386. The van der Waals surface area contributed by atoms with Crippen molar-refractivity contribution in [1.82, 2.24) is 0 Å². The van der Waals surface area contributed by atoms with Crippen molar-refractivity contribution in [3.8, 4) is 0 Å². The highest BCUT2D eigenvalue weighted by atomic mass is 16.9. The smallest absolute Gasteiger partial charge is 0.273 e. The van der Waals surface area contributed by atoms with Crippen LogP contribution in [0, 0.1) is 0 Å². The number of aliphatic hydroxyl groups excluding tert-OH is 4. The lowest BCUT2D eigenvalue weighted by atomic mass is 9.99. The highest BCUT2D eigenvalue weighted by Gasteiger charge is 2.45. The van der Waals surface area contributed by atoms with Crippen molar-refractivity contribution in [3.05, 3.63) is 0 Å². The summed E-state index contributed by atoms with van der Waals surface area (Å²) in [6.45, 7) is 3.83. The van der Waals surface area contributed by atoms with Crippen LogP contribution in [-0.4, -0.2) is 77.4 Å². The van der Waals surface area contributed by atoms with Crippen LogP contribution in [0.4, 0.5) is 0 Å². The molecule has 0 spiro atoms. The predicted octanol–water partition coefficient (Wildman–Crippen LogP) is 5.96. The van der Waals surface area contributed by atoms with Crippen molar-refractivity contribution >= 4 is 0 Å². The van der Waals surface area contributed by atoms with Crippen LogP contribution in [0.2, 0.25) is 0 Å². The molecule has 0 aromatic carbocycles. The molecule has 0 bridgehead atoms.